The second-order valence-electron chi connectivity index (χ2n) is 19.5. The van der Waals surface area contributed by atoms with Crippen molar-refractivity contribution in [3.63, 3.8) is 0 Å². The predicted octanol–water partition coefficient (Wildman–Crippen LogP) is 15.5. The van der Waals surface area contributed by atoms with Gasteiger partial charge in [0.25, 0.3) is 0 Å². The molecule has 0 aliphatic carbocycles. The minimum atomic E-state index is -0.145. The number of pyridine rings is 1. The van der Waals surface area contributed by atoms with Crippen molar-refractivity contribution in [3.8, 4) is 56.4 Å². The molecule has 72 heavy (non-hydrogen) atoms. The number of ether oxygens (including phenoxy) is 1. The van der Waals surface area contributed by atoms with Gasteiger partial charge in [-0.1, -0.05) is 60.7 Å². The third-order valence-corrected chi connectivity index (χ3v) is 15.1. The fourth-order valence-corrected chi connectivity index (χ4v) is 11.8. The SMILES string of the molecule is CC(C)(C)c1cc(-c2ccccc2)c(-n2[c](=[Pt])n(-c3cccc(Oc4cccc(N5B(c6ccccc6)n6c7ccccc7c7cccc5c76)n4)c3)c3ccccc32)c(-c2cccc(-c3ccccc3)c2)c1. The summed E-state index contributed by atoms with van der Waals surface area (Å²) in [7, 11) is 0. The van der Waals surface area contributed by atoms with Crippen molar-refractivity contribution in [2.75, 3.05) is 4.81 Å². The quantitative estimate of drug-likeness (QED) is 0.135. The molecule has 1 aliphatic rings. The topological polar surface area (TPSA) is 40.1 Å². The first-order valence-corrected chi connectivity index (χ1v) is 25.6. The van der Waals surface area contributed by atoms with E-state index < -0.39 is 0 Å². The van der Waals surface area contributed by atoms with E-state index in [0.29, 0.717) is 11.6 Å². The number of fused-ring (bicyclic) bond motifs is 4. The number of benzene rings is 9. The van der Waals surface area contributed by atoms with Gasteiger partial charge in [-0.15, -0.1) is 0 Å². The Kier molecular flexibility index (Phi) is 10.7. The molecule has 0 radical (unpaired) electrons. The zero-order valence-electron chi connectivity index (χ0n) is 40.1. The number of aromatic nitrogens is 4. The van der Waals surface area contributed by atoms with E-state index >= 15 is 0 Å². The third-order valence-electron chi connectivity index (χ3n) is 14.1. The third kappa shape index (κ3) is 7.38. The van der Waals surface area contributed by atoms with Crippen molar-refractivity contribution < 1.29 is 24.1 Å². The van der Waals surface area contributed by atoms with E-state index in [-0.39, 0.29) is 12.4 Å². The van der Waals surface area contributed by atoms with E-state index in [1.54, 1.807) is 0 Å². The van der Waals surface area contributed by atoms with E-state index in [1.165, 1.54) is 49.5 Å². The molecular weight excluding hydrogens is 1060 g/mol. The summed E-state index contributed by atoms with van der Waals surface area (Å²) in [6.07, 6.45) is 0. The summed E-state index contributed by atoms with van der Waals surface area (Å²) in [6.45, 7) is 6.77. The van der Waals surface area contributed by atoms with E-state index in [1.807, 2.05) is 18.2 Å². The molecule has 13 rings (SSSR count). The van der Waals surface area contributed by atoms with Crippen LogP contribution in [0.5, 0.6) is 11.6 Å². The average Bonchev–Trinajstić information content (AvgIpc) is 4.06. The van der Waals surface area contributed by atoms with Gasteiger partial charge < -0.3 is 0 Å². The van der Waals surface area contributed by atoms with E-state index in [2.05, 4.69) is 277 Å². The first-order chi connectivity index (χ1) is 35.3. The van der Waals surface area contributed by atoms with Crippen molar-refractivity contribution in [1.82, 2.24) is 18.6 Å². The molecule has 9 aromatic carbocycles. The van der Waals surface area contributed by atoms with Crippen molar-refractivity contribution in [3.05, 3.63) is 246 Å². The predicted molar refractivity (Wildman–Crippen MR) is 294 cm³/mol. The zero-order valence-corrected chi connectivity index (χ0v) is 42.3. The van der Waals surface area contributed by atoms with Gasteiger partial charge in [-0.2, -0.15) is 0 Å². The molecule has 1 aliphatic heterocycles. The zero-order chi connectivity index (χ0) is 48.5. The van der Waals surface area contributed by atoms with Gasteiger partial charge in [0.05, 0.1) is 0 Å². The number of hydrogen-bond donors (Lipinski definition) is 0. The number of nitrogens with zero attached hydrogens (tertiary/aromatic N) is 5. The van der Waals surface area contributed by atoms with Crippen LogP contribution in [0.2, 0.25) is 0 Å². The van der Waals surface area contributed by atoms with Gasteiger partial charge >= 0.3 is 350 Å². The van der Waals surface area contributed by atoms with Gasteiger partial charge in [0, 0.05) is 16.3 Å². The number of hydrogen-bond acceptors (Lipinski definition) is 3. The molecule has 3 aromatic heterocycles. The Bertz CT molecular complexity index is 4100. The molecule has 0 saturated carbocycles. The standard InChI is InChI=1S/C64H48BN5O.Pt/c1-64(2,3)48-40-54(45-23-9-5-10-24-45)62(55(41-48)47-26-17-25-46(39-47)44-21-7-4-8-22-44)68-43-67(57-34-15-16-35-58(57)68)50-29-18-30-51(42-50)71-61-38-20-37-60(66-61)69-59-36-19-32-53-52-31-13-14-33-56(52)70(63(53)59)65(69)49-27-11-6-12-28-49;/h4-42H,1-3H3;. The number of anilines is 2. The summed E-state index contributed by atoms with van der Waals surface area (Å²) in [4.78, 5) is 7.63. The Balaban J connectivity index is 0.940. The van der Waals surface area contributed by atoms with E-state index in [9.17, 15) is 0 Å². The minimum absolute atomic E-state index is 0.110. The normalized spacial score (nSPS) is 12.4. The Labute approximate surface area is 430 Å². The van der Waals surface area contributed by atoms with Gasteiger partial charge in [-0.25, -0.2) is 0 Å². The molecular formula is C64H48BN5OPt. The molecule has 0 unspecified atom stereocenters. The van der Waals surface area contributed by atoms with Crippen molar-refractivity contribution >= 4 is 56.8 Å². The van der Waals surface area contributed by atoms with Crippen LogP contribution in [0.4, 0.5) is 11.5 Å². The van der Waals surface area contributed by atoms with Gasteiger partial charge in [0.1, 0.15) is 0 Å². The number of rotatable bonds is 9. The summed E-state index contributed by atoms with van der Waals surface area (Å²) >= 11 is 2.53. The Hall–Kier alpha value is -8.25. The maximum atomic E-state index is 6.81. The summed E-state index contributed by atoms with van der Waals surface area (Å²) < 4.78 is 15.1. The molecule has 0 fully saturated rings. The van der Waals surface area contributed by atoms with Gasteiger partial charge in [0.2, 0.25) is 0 Å². The Morgan fingerprint density at radius 2 is 1.07 bits per heavy atom. The van der Waals surface area contributed by atoms with E-state index in [4.69, 9.17) is 9.72 Å². The first-order valence-electron chi connectivity index (χ1n) is 24.5. The molecule has 8 heteroatoms. The fraction of sp³-hybridized carbons (Fsp3) is 0.0625. The first kappa shape index (κ1) is 43.7. The Morgan fingerprint density at radius 3 is 1.82 bits per heavy atom. The van der Waals surface area contributed by atoms with Gasteiger partial charge in [0.15, 0.2) is 0 Å². The molecule has 0 spiro atoms. The van der Waals surface area contributed by atoms with Crippen LogP contribution in [-0.4, -0.2) is 25.6 Å². The van der Waals surface area contributed by atoms with Crippen LogP contribution in [0, 0.1) is 3.80 Å². The molecule has 0 amide bonds. The second kappa shape index (κ2) is 17.6. The molecule has 0 atom stereocenters. The maximum absolute atomic E-state index is 6.81. The molecule has 12 aromatic rings. The van der Waals surface area contributed by atoms with Crippen LogP contribution >= 0.6 is 0 Å². The molecule has 0 bridgehead atoms. The van der Waals surface area contributed by atoms with Gasteiger partial charge in [-0.3, -0.25) is 0 Å². The van der Waals surface area contributed by atoms with Crippen LogP contribution in [0.25, 0.3) is 77.6 Å². The van der Waals surface area contributed by atoms with E-state index in [0.717, 1.165) is 54.4 Å². The molecule has 0 N–H and O–H groups in total. The molecule has 4 heterocycles. The van der Waals surface area contributed by atoms with Gasteiger partial charge in [-0.05, 0) is 6.07 Å². The summed E-state index contributed by atoms with van der Waals surface area (Å²) in [5.41, 5.74) is 17.1. The number of para-hydroxylation sites is 4. The van der Waals surface area contributed by atoms with Crippen LogP contribution < -0.4 is 15.0 Å². The van der Waals surface area contributed by atoms with Crippen LogP contribution in [0.1, 0.15) is 26.3 Å². The van der Waals surface area contributed by atoms with Crippen molar-refractivity contribution in [2.45, 2.75) is 26.2 Å². The van der Waals surface area contributed by atoms with Crippen LogP contribution in [0.3, 0.4) is 0 Å². The van der Waals surface area contributed by atoms with Crippen LogP contribution in [0.15, 0.2) is 237 Å². The summed E-state index contributed by atoms with van der Waals surface area (Å²) in [6, 6.07) is 84.5. The fourth-order valence-electron chi connectivity index (χ4n) is 10.7. The molecule has 348 valence electrons. The van der Waals surface area contributed by atoms with Crippen LogP contribution in [-0.2, 0) is 24.8 Å². The monoisotopic (exact) mass is 1110 g/mol. The van der Waals surface area contributed by atoms with Crippen molar-refractivity contribution in [2.24, 2.45) is 0 Å². The summed E-state index contributed by atoms with van der Waals surface area (Å²) in [5, 5.41) is 2.48. The number of imidazole rings is 1. The second-order valence-corrected chi connectivity index (χ2v) is 20.5. The Morgan fingerprint density at radius 1 is 0.486 bits per heavy atom. The average molecular weight is 1110 g/mol. The van der Waals surface area contributed by atoms with Crippen molar-refractivity contribution in [1.29, 1.82) is 0 Å². The molecule has 0 saturated heterocycles. The summed E-state index contributed by atoms with van der Waals surface area (Å²) in [5.74, 6) is 2.01. The molecule has 6 nitrogen and oxygen atoms in total.